The van der Waals surface area contributed by atoms with Crippen LogP contribution in [-0.2, 0) is 11.2 Å². The summed E-state index contributed by atoms with van der Waals surface area (Å²) >= 11 is 0. The molecule has 1 aromatic rings. The van der Waals surface area contributed by atoms with Gasteiger partial charge in [-0.05, 0) is 61.5 Å². The quantitative estimate of drug-likeness (QED) is 0.823. The summed E-state index contributed by atoms with van der Waals surface area (Å²) in [6.45, 7) is 2.23. The van der Waals surface area contributed by atoms with Gasteiger partial charge in [-0.2, -0.15) is 0 Å². The van der Waals surface area contributed by atoms with E-state index in [2.05, 4.69) is 13.0 Å². The molecule has 0 aliphatic heterocycles. The van der Waals surface area contributed by atoms with Crippen LogP contribution in [0.3, 0.4) is 0 Å². The van der Waals surface area contributed by atoms with E-state index in [1.807, 2.05) is 6.07 Å². The summed E-state index contributed by atoms with van der Waals surface area (Å²) in [5, 5.41) is 0. The fourth-order valence-electron chi connectivity index (χ4n) is 5.71. The monoisotopic (exact) mass is 314 g/mol. The minimum atomic E-state index is -0.0572. The third kappa shape index (κ3) is 2.05. The van der Waals surface area contributed by atoms with E-state index in [1.54, 1.807) is 14.2 Å². The molecule has 0 spiro atoms. The Morgan fingerprint density at radius 2 is 1.91 bits per heavy atom. The third-order valence-electron chi connectivity index (χ3n) is 6.92. The van der Waals surface area contributed by atoms with Gasteiger partial charge in [0, 0.05) is 23.5 Å². The maximum Gasteiger partial charge on any atom is 0.139 e. The summed E-state index contributed by atoms with van der Waals surface area (Å²) in [6.07, 6.45) is 6.29. The normalized spacial score (nSPS) is 35.3. The van der Waals surface area contributed by atoms with Crippen LogP contribution in [0.15, 0.2) is 12.1 Å². The van der Waals surface area contributed by atoms with Crippen molar-refractivity contribution in [2.45, 2.75) is 51.4 Å². The van der Waals surface area contributed by atoms with Gasteiger partial charge in [0.15, 0.2) is 0 Å². The number of hydrogen-bond donors (Lipinski definition) is 0. The predicted octanol–water partition coefficient (Wildman–Crippen LogP) is 4.13. The molecular weight excluding hydrogens is 288 g/mol. The van der Waals surface area contributed by atoms with Crippen LogP contribution in [0, 0.1) is 17.3 Å². The molecule has 0 heterocycles. The molecule has 124 valence electrons. The summed E-state index contributed by atoms with van der Waals surface area (Å²) < 4.78 is 11.1. The van der Waals surface area contributed by atoms with Gasteiger partial charge >= 0.3 is 0 Å². The molecule has 3 aliphatic rings. The molecule has 4 rings (SSSR count). The largest absolute Gasteiger partial charge is 0.497 e. The van der Waals surface area contributed by atoms with Crippen molar-refractivity contribution < 1.29 is 14.3 Å². The molecule has 0 amide bonds. The number of methoxy groups -OCH3 is 2. The number of aryl methyl sites for hydroxylation is 1. The summed E-state index contributed by atoms with van der Waals surface area (Å²) in [4.78, 5) is 12.4. The topological polar surface area (TPSA) is 35.5 Å². The van der Waals surface area contributed by atoms with E-state index in [-0.39, 0.29) is 5.41 Å². The third-order valence-corrected chi connectivity index (χ3v) is 6.92. The lowest BCUT2D eigenvalue weighted by Crippen LogP contribution is -2.42. The van der Waals surface area contributed by atoms with Crippen molar-refractivity contribution in [2.75, 3.05) is 14.2 Å². The highest BCUT2D eigenvalue weighted by atomic mass is 16.5. The summed E-state index contributed by atoms with van der Waals surface area (Å²) in [5.74, 6) is 4.11. The minimum absolute atomic E-state index is 0.0572. The smallest absolute Gasteiger partial charge is 0.139 e. The van der Waals surface area contributed by atoms with Crippen molar-refractivity contribution in [3.8, 4) is 11.5 Å². The Kier molecular flexibility index (Phi) is 3.44. The molecular formula is C20H26O3. The van der Waals surface area contributed by atoms with Crippen LogP contribution in [0.1, 0.15) is 56.1 Å². The van der Waals surface area contributed by atoms with Crippen LogP contribution >= 0.6 is 0 Å². The van der Waals surface area contributed by atoms with Crippen molar-refractivity contribution in [3.05, 3.63) is 23.3 Å². The number of hydrogen-bond acceptors (Lipinski definition) is 3. The van der Waals surface area contributed by atoms with E-state index >= 15 is 0 Å². The summed E-state index contributed by atoms with van der Waals surface area (Å²) in [7, 11) is 3.47. The van der Waals surface area contributed by atoms with Crippen LogP contribution < -0.4 is 9.47 Å². The highest BCUT2D eigenvalue weighted by molar-refractivity contribution is 5.87. The number of fused-ring (bicyclic) bond motifs is 5. The predicted molar refractivity (Wildman–Crippen MR) is 89.2 cm³/mol. The molecule has 0 aromatic heterocycles. The first-order chi connectivity index (χ1) is 11.1. The molecule has 2 saturated carbocycles. The van der Waals surface area contributed by atoms with E-state index in [4.69, 9.17) is 9.47 Å². The Hall–Kier alpha value is -1.51. The molecule has 3 nitrogen and oxygen atoms in total. The summed E-state index contributed by atoms with van der Waals surface area (Å²) in [6, 6.07) is 4.20. The molecule has 0 unspecified atom stereocenters. The van der Waals surface area contributed by atoms with Gasteiger partial charge in [-0.3, -0.25) is 4.79 Å². The Morgan fingerprint density at radius 3 is 2.65 bits per heavy atom. The lowest BCUT2D eigenvalue weighted by molar-refractivity contribution is -0.129. The van der Waals surface area contributed by atoms with Crippen LogP contribution in [0.2, 0.25) is 0 Å². The standard InChI is InChI=1S/C20H26O3/c1-20-9-8-15-14(16(20)6-7-18(20)21)5-4-12-10-13(22-2)11-17(23-3)19(12)15/h10-11,14-16H,4-9H2,1-3H3/t14-,15+,16+,20+/m1/s1. The molecule has 23 heavy (non-hydrogen) atoms. The maximum absolute atomic E-state index is 12.4. The Labute approximate surface area is 138 Å². The Morgan fingerprint density at radius 1 is 1.09 bits per heavy atom. The van der Waals surface area contributed by atoms with Gasteiger partial charge < -0.3 is 9.47 Å². The average Bonchev–Trinajstić information content (AvgIpc) is 2.88. The average molecular weight is 314 g/mol. The Balaban J connectivity index is 1.76. The van der Waals surface area contributed by atoms with Gasteiger partial charge in [0.25, 0.3) is 0 Å². The number of ether oxygens (including phenoxy) is 2. The Bertz CT molecular complexity index is 633. The van der Waals surface area contributed by atoms with Crippen molar-refractivity contribution in [3.63, 3.8) is 0 Å². The van der Waals surface area contributed by atoms with Gasteiger partial charge in [0.2, 0.25) is 0 Å². The van der Waals surface area contributed by atoms with E-state index in [0.29, 0.717) is 23.5 Å². The van der Waals surface area contributed by atoms with E-state index in [0.717, 1.165) is 43.6 Å². The zero-order chi connectivity index (χ0) is 16.2. The van der Waals surface area contributed by atoms with Crippen molar-refractivity contribution in [2.24, 2.45) is 17.3 Å². The van der Waals surface area contributed by atoms with E-state index in [9.17, 15) is 4.79 Å². The zero-order valence-electron chi connectivity index (χ0n) is 14.4. The fraction of sp³-hybridized carbons (Fsp3) is 0.650. The highest BCUT2D eigenvalue weighted by Crippen LogP contribution is 2.60. The molecule has 0 saturated heterocycles. The lowest BCUT2D eigenvalue weighted by Gasteiger charge is -2.48. The van der Waals surface area contributed by atoms with Crippen LogP contribution in [-0.4, -0.2) is 20.0 Å². The maximum atomic E-state index is 12.4. The van der Waals surface area contributed by atoms with Crippen LogP contribution in [0.4, 0.5) is 0 Å². The second-order valence-corrected chi connectivity index (χ2v) is 7.74. The fourth-order valence-corrected chi connectivity index (χ4v) is 5.71. The van der Waals surface area contributed by atoms with Gasteiger partial charge in [-0.25, -0.2) is 0 Å². The molecule has 1 aromatic carbocycles. The van der Waals surface area contributed by atoms with Crippen molar-refractivity contribution >= 4 is 5.78 Å². The number of ketones is 1. The second-order valence-electron chi connectivity index (χ2n) is 7.74. The minimum Gasteiger partial charge on any atom is -0.497 e. The van der Waals surface area contributed by atoms with Crippen molar-refractivity contribution in [1.82, 2.24) is 0 Å². The molecule has 0 radical (unpaired) electrons. The van der Waals surface area contributed by atoms with E-state index in [1.165, 1.54) is 17.5 Å². The van der Waals surface area contributed by atoms with Gasteiger partial charge in [-0.15, -0.1) is 0 Å². The number of benzene rings is 1. The molecule has 3 heteroatoms. The first-order valence-corrected chi connectivity index (χ1v) is 8.86. The van der Waals surface area contributed by atoms with Gasteiger partial charge in [0.1, 0.15) is 17.3 Å². The lowest BCUT2D eigenvalue weighted by atomic mass is 9.55. The second kappa shape index (κ2) is 5.25. The molecule has 3 aliphatic carbocycles. The molecule has 0 N–H and O–H groups in total. The number of rotatable bonds is 2. The van der Waals surface area contributed by atoms with Crippen LogP contribution in [0.25, 0.3) is 0 Å². The number of carbonyl (C=O) groups excluding carboxylic acids is 1. The van der Waals surface area contributed by atoms with Gasteiger partial charge in [-0.1, -0.05) is 6.92 Å². The van der Waals surface area contributed by atoms with Crippen molar-refractivity contribution in [1.29, 1.82) is 0 Å². The van der Waals surface area contributed by atoms with E-state index < -0.39 is 0 Å². The summed E-state index contributed by atoms with van der Waals surface area (Å²) in [5.41, 5.74) is 2.72. The first kappa shape index (κ1) is 15.0. The molecule has 2 fully saturated rings. The molecule has 0 bridgehead atoms. The van der Waals surface area contributed by atoms with Crippen LogP contribution in [0.5, 0.6) is 11.5 Å². The SMILES string of the molecule is COc1cc2c(c(OC)c1)[C@H]1CC[C@]3(C)C(=O)CC[C@H]3[C@@H]1CC2. The number of Topliss-reactive ketones (excluding diaryl/α,β-unsaturated/α-hetero) is 1. The van der Waals surface area contributed by atoms with Gasteiger partial charge in [0.05, 0.1) is 14.2 Å². The first-order valence-electron chi connectivity index (χ1n) is 8.86. The zero-order valence-corrected chi connectivity index (χ0v) is 14.4. The highest BCUT2D eigenvalue weighted by Gasteiger charge is 2.54. The number of carbonyl (C=O) groups is 1. The molecule has 4 atom stereocenters.